The largest absolute Gasteiger partial charge is 0.395 e. The van der Waals surface area contributed by atoms with Crippen molar-refractivity contribution in [2.24, 2.45) is 5.73 Å². The molecule has 0 aromatic heterocycles. The van der Waals surface area contributed by atoms with E-state index in [4.69, 9.17) is 15.9 Å². The third-order valence-electron chi connectivity index (χ3n) is 3.63. The Kier molecular flexibility index (Phi) is 4.52. The molecule has 0 aromatic rings. The molecule has 0 radical (unpaired) electrons. The highest BCUT2D eigenvalue weighted by Gasteiger charge is 2.47. The first-order chi connectivity index (χ1) is 8.70. The van der Waals surface area contributed by atoms with Crippen LogP contribution in [0.25, 0.3) is 0 Å². The topological polar surface area (TPSA) is 93.3 Å². The van der Waals surface area contributed by atoms with Gasteiger partial charge in [0.1, 0.15) is 12.2 Å². The first-order valence-electron chi connectivity index (χ1n) is 6.50. The zero-order chi connectivity index (χ0) is 13.1. The van der Waals surface area contributed by atoms with E-state index in [1.165, 1.54) is 5.01 Å². The number of nitrogens with two attached hydrogens (primary N) is 1. The number of hydrogen-bond donors (Lipinski definition) is 3. The number of likely N-dealkylation sites (tertiary alicyclic amines) is 1. The minimum absolute atomic E-state index is 0.0354. The second kappa shape index (κ2) is 5.94. The molecule has 1 amide bonds. The molecule has 2 aliphatic rings. The second-order valence-electron chi connectivity index (χ2n) is 4.75. The van der Waals surface area contributed by atoms with Crippen LogP contribution in [0.1, 0.15) is 12.8 Å². The quantitative estimate of drug-likeness (QED) is 0.517. The van der Waals surface area contributed by atoms with E-state index in [0.29, 0.717) is 6.54 Å². The zero-order valence-corrected chi connectivity index (χ0v) is 10.5. The van der Waals surface area contributed by atoms with Crippen molar-refractivity contribution >= 4 is 5.91 Å². The Morgan fingerprint density at radius 3 is 2.33 bits per heavy atom. The highest BCUT2D eigenvalue weighted by molar-refractivity contribution is 5.84. The summed E-state index contributed by atoms with van der Waals surface area (Å²) in [5, 5.41) is 21.5. The number of hydrazine groups is 1. The lowest BCUT2D eigenvalue weighted by molar-refractivity contribution is -0.143. The summed E-state index contributed by atoms with van der Waals surface area (Å²) in [5.74, 6) is -0.172. The molecule has 2 unspecified atom stereocenters. The number of aliphatic hydroxyl groups is 2. The average Bonchev–Trinajstić information content (AvgIpc) is 2.94. The van der Waals surface area contributed by atoms with Gasteiger partial charge in [-0.25, -0.2) is 0 Å². The Hall–Kier alpha value is -0.730. The third-order valence-corrected chi connectivity index (χ3v) is 3.63. The molecule has 2 fully saturated rings. The fourth-order valence-corrected chi connectivity index (χ4v) is 2.86. The number of β-amino-alcohol motifs (C(OH)–C–C–N with tert-alkyl or cyclic N) is 2. The van der Waals surface area contributed by atoms with Crippen LogP contribution in [0, 0.1) is 0 Å². The van der Waals surface area contributed by atoms with Crippen LogP contribution in [0.4, 0.5) is 0 Å². The molecule has 2 rings (SSSR count). The van der Waals surface area contributed by atoms with E-state index in [2.05, 4.69) is 4.90 Å². The van der Waals surface area contributed by atoms with Crippen LogP contribution in [0.15, 0.2) is 0 Å². The summed E-state index contributed by atoms with van der Waals surface area (Å²) in [6.45, 7) is 2.32. The maximum Gasteiger partial charge on any atom is 0.256 e. The fourth-order valence-electron chi connectivity index (χ4n) is 2.86. The predicted molar refractivity (Wildman–Crippen MR) is 65.2 cm³/mol. The van der Waals surface area contributed by atoms with E-state index in [9.17, 15) is 4.79 Å². The number of carbonyl (C=O) groups excluding carboxylic acids is 1. The van der Waals surface area contributed by atoms with E-state index in [-0.39, 0.29) is 31.8 Å². The highest BCUT2D eigenvalue weighted by Crippen LogP contribution is 2.24. The lowest BCUT2D eigenvalue weighted by Crippen LogP contribution is -2.54. The van der Waals surface area contributed by atoms with Gasteiger partial charge in [-0.1, -0.05) is 0 Å². The van der Waals surface area contributed by atoms with E-state index in [1.807, 2.05) is 0 Å². The maximum atomic E-state index is 12.1. The summed E-state index contributed by atoms with van der Waals surface area (Å²) in [5.41, 5.74) is 6.01. The van der Waals surface area contributed by atoms with Gasteiger partial charge in [0.2, 0.25) is 0 Å². The number of nitrogens with zero attached hydrogens (tertiary/aromatic N) is 3. The lowest BCUT2D eigenvalue weighted by atomic mass is 10.2. The minimum Gasteiger partial charge on any atom is -0.395 e. The molecule has 0 saturated carbocycles. The molecule has 2 atom stereocenters. The molecule has 18 heavy (non-hydrogen) atoms. The van der Waals surface area contributed by atoms with E-state index in [1.54, 1.807) is 5.01 Å². The minimum atomic E-state index is -0.596. The zero-order valence-electron chi connectivity index (χ0n) is 10.5. The number of amides is 1. The van der Waals surface area contributed by atoms with Gasteiger partial charge in [-0.15, -0.1) is 0 Å². The Morgan fingerprint density at radius 2 is 1.78 bits per heavy atom. The van der Waals surface area contributed by atoms with Crippen molar-refractivity contribution in [1.29, 1.82) is 0 Å². The van der Waals surface area contributed by atoms with Gasteiger partial charge in [0, 0.05) is 6.54 Å². The van der Waals surface area contributed by atoms with Crippen LogP contribution in [0.3, 0.4) is 0 Å². The molecule has 0 bridgehead atoms. The van der Waals surface area contributed by atoms with Crippen LogP contribution in [-0.4, -0.2) is 82.6 Å². The van der Waals surface area contributed by atoms with Gasteiger partial charge < -0.3 is 15.9 Å². The third kappa shape index (κ3) is 2.36. The summed E-state index contributed by atoms with van der Waals surface area (Å²) in [6, 6.07) is -0.596. The molecule has 2 saturated heterocycles. The van der Waals surface area contributed by atoms with Gasteiger partial charge in [-0.05, 0) is 25.9 Å². The summed E-state index contributed by atoms with van der Waals surface area (Å²) in [6.07, 6.45) is 2.05. The Morgan fingerprint density at radius 1 is 1.17 bits per heavy atom. The number of hydrogen-bond acceptors (Lipinski definition) is 6. The van der Waals surface area contributed by atoms with Gasteiger partial charge >= 0.3 is 0 Å². The first-order valence-corrected chi connectivity index (χ1v) is 6.50. The van der Waals surface area contributed by atoms with Gasteiger partial charge in [0.25, 0.3) is 5.91 Å². The molecule has 0 aliphatic carbocycles. The molecule has 104 valence electrons. The van der Waals surface area contributed by atoms with E-state index >= 15 is 0 Å². The summed E-state index contributed by atoms with van der Waals surface area (Å²) >= 11 is 0. The average molecular weight is 258 g/mol. The van der Waals surface area contributed by atoms with Crippen LogP contribution >= 0.6 is 0 Å². The van der Waals surface area contributed by atoms with Crippen LogP contribution < -0.4 is 5.73 Å². The normalized spacial score (nSPS) is 30.6. The standard InChI is InChI=1S/C11H22N4O3/c12-9-10(13-3-1-2-4-13)14(5-7-16)15(6-8-17)11(9)18/h9-10,16-17H,1-8,12H2. The molecule has 2 aliphatic heterocycles. The summed E-state index contributed by atoms with van der Waals surface area (Å²) in [4.78, 5) is 14.3. The van der Waals surface area contributed by atoms with Crippen molar-refractivity contribution in [3.05, 3.63) is 0 Å². The number of carbonyl (C=O) groups is 1. The Balaban J connectivity index is 2.16. The summed E-state index contributed by atoms with van der Waals surface area (Å²) in [7, 11) is 0. The van der Waals surface area contributed by atoms with Gasteiger partial charge in [-0.3, -0.25) is 14.7 Å². The summed E-state index contributed by atoms with van der Waals surface area (Å²) < 4.78 is 0. The van der Waals surface area contributed by atoms with Crippen molar-refractivity contribution in [3.8, 4) is 0 Å². The van der Waals surface area contributed by atoms with Crippen molar-refractivity contribution in [1.82, 2.24) is 14.9 Å². The van der Waals surface area contributed by atoms with Crippen LogP contribution in [0.5, 0.6) is 0 Å². The first kappa shape index (κ1) is 13.7. The monoisotopic (exact) mass is 258 g/mol. The van der Waals surface area contributed by atoms with Crippen molar-refractivity contribution in [2.45, 2.75) is 25.0 Å². The van der Waals surface area contributed by atoms with Crippen molar-refractivity contribution in [2.75, 3.05) is 39.4 Å². The van der Waals surface area contributed by atoms with Crippen LogP contribution in [-0.2, 0) is 4.79 Å². The molecular weight excluding hydrogens is 236 g/mol. The maximum absolute atomic E-state index is 12.1. The molecule has 4 N–H and O–H groups in total. The highest BCUT2D eigenvalue weighted by atomic mass is 16.3. The lowest BCUT2D eigenvalue weighted by Gasteiger charge is -2.35. The van der Waals surface area contributed by atoms with Crippen molar-refractivity contribution in [3.63, 3.8) is 0 Å². The molecule has 7 heteroatoms. The van der Waals surface area contributed by atoms with Gasteiger partial charge in [-0.2, -0.15) is 5.01 Å². The fraction of sp³-hybridized carbons (Fsp3) is 0.909. The second-order valence-corrected chi connectivity index (χ2v) is 4.75. The Bertz CT molecular complexity index is 296. The molecule has 0 aromatic carbocycles. The molecular formula is C11H22N4O3. The molecule has 7 nitrogen and oxygen atoms in total. The SMILES string of the molecule is NC1C(=O)N(CCO)N(CCO)C1N1CCCC1. The number of aliphatic hydroxyl groups excluding tert-OH is 2. The van der Waals surface area contributed by atoms with Crippen LogP contribution in [0.2, 0.25) is 0 Å². The van der Waals surface area contributed by atoms with E-state index < -0.39 is 6.04 Å². The smallest absolute Gasteiger partial charge is 0.256 e. The molecule has 0 spiro atoms. The molecule has 2 heterocycles. The van der Waals surface area contributed by atoms with E-state index in [0.717, 1.165) is 25.9 Å². The predicted octanol–water partition coefficient (Wildman–Crippen LogP) is -2.22. The van der Waals surface area contributed by atoms with Gasteiger partial charge in [0.15, 0.2) is 0 Å². The van der Waals surface area contributed by atoms with Crippen molar-refractivity contribution < 1.29 is 15.0 Å². The Labute approximate surface area is 107 Å². The number of rotatable bonds is 5. The van der Waals surface area contributed by atoms with Gasteiger partial charge in [0.05, 0.1) is 19.8 Å².